The van der Waals surface area contributed by atoms with Crippen LogP contribution in [0.15, 0.2) is 18.2 Å². The van der Waals surface area contributed by atoms with Gasteiger partial charge in [0.1, 0.15) is 0 Å². The molecule has 0 saturated heterocycles. The van der Waals surface area contributed by atoms with Crippen LogP contribution in [0.25, 0.3) is 0 Å². The monoisotopic (exact) mass is 227 g/mol. The molecule has 0 radical (unpaired) electrons. The third kappa shape index (κ3) is 2.35. The van der Waals surface area contributed by atoms with E-state index in [0.717, 1.165) is 12.1 Å². The van der Waals surface area contributed by atoms with Crippen LogP contribution in [-0.2, 0) is 11.6 Å². The average molecular weight is 227 g/mol. The maximum Gasteiger partial charge on any atom is 0.416 e. The number of hydrogen-bond acceptors (Lipinski definition) is 1. The third-order valence-electron chi connectivity index (χ3n) is 2.51. The van der Waals surface area contributed by atoms with Gasteiger partial charge in [-0.15, -0.1) is 0 Å². The van der Waals surface area contributed by atoms with E-state index >= 15 is 0 Å². The molecule has 0 heterocycles. The minimum atomic E-state index is -4.33. The molecule has 0 bridgehead atoms. The molecule has 0 spiro atoms. The second kappa shape index (κ2) is 3.82. The van der Waals surface area contributed by atoms with Gasteiger partial charge in [0.15, 0.2) is 0 Å². The van der Waals surface area contributed by atoms with E-state index in [1.54, 1.807) is 20.8 Å². The molecular formula is C12H12F3N. The first kappa shape index (κ1) is 12.6. The third-order valence-corrected chi connectivity index (χ3v) is 2.51. The lowest BCUT2D eigenvalue weighted by molar-refractivity contribution is -0.137. The van der Waals surface area contributed by atoms with E-state index in [9.17, 15) is 13.2 Å². The van der Waals surface area contributed by atoms with Gasteiger partial charge >= 0.3 is 6.18 Å². The van der Waals surface area contributed by atoms with Gasteiger partial charge in [0.05, 0.1) is 17.0 Å². The van der Waals surface area contributed by atoms with Crippen molar-refractivity contribution in [3.05, 3.63) is 34.9 Å². The highest BCUT2D eigenvalue weighted by Crippen LogP contribution is 2.33. The van der Waals surface area contributed by atoms with Gasteiger partial charge in [-0.25, -0.2) is 0 Å². The molecule has 0 aliphatic carbocycles. The van der Waals surface area contributed by atoms with E-state index in [-0.39, 0.29) is 0 Å². The molecule has 1 rings (SSSR count). The number of nitrogens with zero attached hydrogens (tertiary/aromatic N) is 1. The molecule has 0 saturated carbocycles. The summed E-state index contributed by atoms with van der Waals surface area (Å²) in [5, 5.41) is 8.93. The molecule has 4 heteroatoms. The second-order valence-electron chi connectivity index (χ2n) is 4.26. The average Bonchev–Trinajstić information content (AvgIpc) is 2.16. The molecule has 0 atom stereocenters. The summed E-state index contributed by atoms with van der Waals surface area (Å²) in [5.74, 6) is 0. The van der Waals surface area contributed by atoms with Gasteiger partial charge < -0.3 is 0 Å². The number of rotatable bonds is 1. The first-order valence-corrected chi connectivity index (χ1v) is 4.78. The highest BCUT2D eigenvalue weighted by molar-refractivity contribution is 5.40. The van der Waals surface area contributed by atoms with Crippen molar-refractivity contribution in [3.63, 3.8) is 0 Å². The van der Waals surface area contributed by atoms with E-state index in [4.69, 9.17) is 5.26 Å². The SMILES string of the molecule is Cc1cc(C(F)(F)F)ccc1C(C)(C)C#N. The van der Waals surface area contributed by atoms with E-state index < -0.39 is 17.2 Å². The van der Waals surface area contributed by atoms with Crippen molar-refractivity contribution >= 4 is 0 Å². The molecular weight excluding hydrogens is 215 g/mol. The summed E-state index contributed by atoms with van der Waals surface area (Å²) in [6.07, 6.45) is -4.33. The van der Waals surface area contributed by atoms with Gasteiger partial charge in [-0.05, 0) is 44.0 Å². The second-order valence-corrected chi connectivity index (χ2v) is 4.26. The fourth-order valence-corrected chi connectivity index (χ4v) is 1.60. The highest BCUT2D eigenvalue weighted by Gasteiger charge is 2.32. The first-order valence-electron chi connectivity index (χ1n) is 4.78. The largest absolute Gasteiger partial charge is 0.416 e. The molecule has 1 aromatic carbocycles. The maximum absolute atomic E-state index is 12.4. The summed E-state index contributed by atoms with van der Waals surface area (Å²) in [7, 11) is 0. The maximum atomic E-state index is 12.4. The Balaban J connectivity index is 3.27. The Morgan fingerprint density at radius 1 is 1.19 bits per heavy atom. The van der Waals surface area contributed by atoms with Gasteiger partial charge in [-0.1, -0.05) is 6.07 Å². The van der Waals surface area contributed by atoms with Gasteiger partial charge in [-0.2, -0.15) is 18.4 Å². The van der Waals surface area contributed by atoms with Gasteiger partial charge in [-0.3, -0.25) is 0 Å². The lowest BCUT2D eigenvalue weighted by Crippen LogP contribution is -2.16. The fourth-order valence-electron chi connectivity index (χ4n) is 1.60. The number of alkyl halides is 3. The van der Waals surface area contributed by atoms with Crippen LogP contribution in [0.2, 0.25) is 0 Å². The van der Waals surface area contributed by atoms with Crippen molar-refractivity contribution in [1.82, 2.24) is 0 Å². The van der Waals surface area contributed by atoms with E-state index in [1.807, 2.05) is 0 Å². The smallest absolute Gasteiger partial charge is 0.197 e. The molecule has 0 fully saturated rings. The van der Waals surface area contributed by atoms with Crippen molar-refractivity contribution in [2.75, 3.05) is 0 Å². The predicted octanol–water partition coefficient (Wildman–Crippen LogP) is 3.82. The van der Waals surface area contributed by atoms with Crippen LogP contribution in [0, 0.1) is 18.3 Å². The molecule has 1 nitrogen and oxygen atoms in total. The van der Waals surface area contributed by atoms with Crippen molar-refractivity contribution < 1.29 is 13.2 Å². The molecule has 0 aromatic heterocycles. The highest BCUT2D eigenvalue weighted by atomic mass is 19.4. The first-order chi connectivity index (χ1) is 7.18. The Morgan fingerprint density at radius 3 is 2.12 bits per heavy atom. The number of nitriles is 1. The van der Waals surface area contributed by atoms with Gasteiger partial charge in [0.25, 0.3) is 0 Å². The Morgan fingerprint density at radius 2 is 1.75 bits per heavy atom. The van der Waals surface area contributed by atoms with Crippen molar-refractivity contribution in [1.29, 1.82) is 5.26 Å². The molecule has 16 heavy (non-hydrogen) atoms. The fraction of sp³-hybridized carbons (Fsp3) is 0.417. The molecule has 0 unspecified atom stereocenters. The summed E-state index contributed by atoms with van der Waals surface area (Å²) in [6.45, 7) is 4.95. The number of halogens is 3. The van der Waals surface area contributed by atoms with Crippen LogP contribution in [-0.4, -0.2) is 0 Å². The number of benzene rings is 1. The standard InChI is InChI=1S/C12H12F3N/c1-8-6-9(12(13,14)15)4-5-10(8)11(2,3)7-16/h4-6H,1-3H3. The molecule has 0 aliphatic rings. The van der Waals surface area contributed by atoms with Crippen LogP contribution in [0.4, 0.5) is 13.2 Å². The zero-order valence-corrected chi connectivity index (χ0v) is 9.31. The van der Waals surface area contributed by atoms with Gasteiger partial charge in [0.2, 0.25) is 0 Å². The molecule has 0 amide bonds. The zero-order chi connectivity index (χ0) is 12.6. The minimum Gasteiger partial charge on any atom is -0.197 e. The van der Waals surface area contributed by atoms with E-state index in [0.29, 0.717) is 11.1 Å². The number of aryl methyl sites for hydroxylation is 1. The molecule has 0 N–H and O–H groups in total. The van der Waals surface area contributed by atoms with E-state index in [2.05, 4.69) is 6.07 Å². The minimum absolute atomic E-state index is 0.487. The summed E-state index contributed by atoms with van der Waals surface area (Å²) in [5.41, 5.74) is -0.333. The molecule has 86 valence electrons. The Labute approximate surface area is 92.5 Å². The summed E-state index contributed by atoms with van der Waals surface area (Å²) < 4.78 is 37.2. The van der Waals surface area contributed by atoms with Crippen LogP contribution < -0.4 is 0 Å². The van der Waals surface area contributed by atoms with E-state index in [1.165, 1.54) is 6.07 Å². The van der Waals surface area contributed by atoms with Crippen LogP contribution in [0.5, 0.6) is 0 Å². The van der Waals surface area contributed by atoms with Crippen LogP contribution in [0.1, 0.15) is 30.5 Å². The Bertz CT molecular complexity index is 439. The Kier molecular flexibility index (Phi) is 3.00. The molecule has 1 aromatic rings. The summed E-state index contributed by atoms with van der Waals surface area (Å²) >= 11 is 0. The quantitative estimate of drug-likeness (QED) is 0.715. The van der Waals surface area contributed by atoms with Crippen LogP contribution in [0.3, 0.4) is 0 Å². The summed E-state index contributed by atoms with van der Waals surface area (Å²) in [4.78, 5) is 0. The lowest BCUT2D eigenvalue weighted by atomic mass is 9.83. The van der Waals surface area contributed by atoms with Gasteiger partial charge in [0, 0.05) is 0 Å². The zero-order valence-electron chi connectivity index (χ0n) is 9.31. The normalized spacial score (nSPS) is 12.3. The number of hydrogen-bond donors (Lipinski definition) is 0. The van der Waals surface area contributed by atoms with Crippen molar-refractivity contribution in [3.8, 4) is 6.07 Å². The van der Waals surface area contributed by atoms with Crippen molar-refractivity contribution in [2.24, 2.45) is 0 Å². The summed E-state index contributed by atoms with van der Waals surface area (Å²) in [6, 6.07) is 5.54. The van der Waals surface area contributed by atoms with Crippen molar-refractivity contribution in [2.45, 2.75) is 32.4 Å². The topological polar surface area (TPSA) is 23.8 Å². The lowest BCUT2D eigenvalue weighted by Gasteiger charge is -2.19. The predicted molar refractivity (Wildman–Crippen MR) is 54.8 cm³/mol. The van der Waals surface area contributed by atoms with Crippen LogP contribution >= 0.6 is 0 Å². The molecule has 0 aliphatic heterocycles. The Hall–Kier alpha value is -1.50.